The molecular formula is C23H31N5. The van der Waals surface area contributed by atoms with Crippen molar-refractivity contribution < 1.29 is 0 Å². The van der Waals surface area contributed by atoms with E-state index in [4.69, 9.17) is 5.41 Å². The van der Waals surface area contributed by atoms with Gasteiger partial charge in [0.15, 0.2) is 11.6 Å². The van der Waals surface area contributed by atoms with Crippen LogP contribution in [0.4, 0.5) is 17.3 Å². The number of benzene rings is 1. The van der Waals surface area contributed by atoms with Crippen molar-refractivity contribution in [1.29, 1.82) is 5.41 Å². The second kappa shape index (κ2) is 8.83. The summed E-state index contributed by atoms with van der Waals surface area (Å²) in [6, 6.07) is 8.42. The third-order valence-electron chi connectivity index (χ3n) is 4.82. The molecule has 2 aliphatic rings. The molecule has 0 saturated heterocycles. The van der Waals surface area contributed by atoms with Gasteiger partial charge in [0.1, 0.15) is 6.17 Å². The van der Waals surface area contributed by atoms with Crippen LogP contribution in [0.1, 0.15) is 47.1 Å². The van der Waals surface area contributed by atoms with Gasteiger partial charge in [0, 0.05) is 29.7 Å². The number of nitrogens with zero attached hydrogens (tertiary/aromatic N) is 4. The van der Waals surface area contributed by atoms with Crippen molar-refractivity contribution in [1.82, 2.24) is 9.97 Å². The van der Waals surface area contributed by atoms with Gasteiger partial charge in [-0.25, -0.2) is 9.97 Å². The Hall–Kier alpha value is -2.95. The average Bonchev–Trinajstić information content (AvgIpc) is 3.21. The number of anilines is 3. The van der Waals surface area contributed by atoms with Gasteiger partial charge in [-0.15, -0.1) is 0 Å². The lowest BCUT2D eigenvalue weighted by Gasteiger charge is -2.36. The molecule has 3 heterocycles. The Balaban J connectivity index is 0.000000660. The molecule has 1 unspecified atom stereocenters. The minimum absolute atomic E-state index is 0.0138. The van der Waals surface area contributed by atoms with Crippen molar-refractivity contribution >= 4 is 23.5 Å². The minimum Gasteiger partial charge on any atom is -0.307 e. The number of para-hydroxylation sites is 1. The number of hydrogen-bond acceptors (Lipinski definition) is 5. The molecule has 2 aromatic rings. The van der Waals surface area contributed by atoms with Gasteiger partial charge in [0.2, 0.25) is 0 Å². The summed E-state index contributed by atoms with van der Waals surface area (Å²) in [5, 5.41) is 7.86. The molecule has 4 rings (SSSR count). The van der Waals surface area contributed by atoms with Gasteiger partial charge < -0.3 is 10.3 Å². The summed E-state index contributed by atoms with van der Waals surface area (Å²) < 4.78 is 0. The Morgan fingerprint density at radius 3 is 2.29 bits per heavy atom. The van der Waals surface area contributed by atoms with Gasteiger partial charge in [-0.3, -0.25) is 4.90 Å². The zero-order chi connectivity index (χ0) is 20.9. The second-order valence-corrected chi connectivity index (χ2v) is 6.53. The van der Waals surface area contributed by atoms with Crippen molar-refractivity contribution in [3.8, 4) is 0 Å². The van der Waals surface area contributed by atoms with Crippen LogP contribution in [0.25, 0.3) is 0 Å². The number of aromatic nitrogens is 2. The largest absolute Gasteiger partial charge is 0.307 e. The van der Waals surface area contributed by atoms with Crippen molar-refractivity contribution in [2.75, 3.05) is 9.80 Å². The first-order valence-electron chi connectivity index (χ1n) is 9.93. The third-order valence-corrected chi connectivity index (χ3v) is 4.82. The Bertz CT molecular complexity index is 869. The number of fused-ring (bicyclic) bond motifs is 5. The highest BCUT2D eigenvalue weighted by Crippen LogP contribution is 2.56. The Morgan fingerprint density at radius 2 is 1.68 bits per heavy atom. The lowest BCUT2D eigenvalue weighted by atomic mass is 9.83. The zero-order valence-corrected chi connectivity index (χ0v) is 17.8. The van der Waals surface area contributed by atoms with E-state index in [1.807, 2.05) is 39.8 Å². The van der Waals surface area contributed by atoms with Crippen LogP contribution in [0.15, 0.2) is 61.1 Å². The molecule has 0 bridgehead atoms. The van der Waals surface area contributed by atoms with Crippen molar-refractivity contribution in [3.05, 3.63) is 66.7 Å². The Morgan fingerprint density at radius 1 is 1.07 bits per heavy atom. The van der Waals surface area contributed by atoms with Crippen LogP contribution < -0.4 is 9.80 Å². The highest BCUT2D eigenvalue weighted by Gasteiger charge is 2.54. The van der Waals surface area contributed by atoms with E-state index in [0.29, 0.717) is 0 Å². The molecule has 1 atom stereocenters. The van der Waals surface area contributed by atoms with E-state index in [2.05, 4.69) is 58.4 Å². The van der Waals surface area contributed by atoms with Crippen LogP contribution in [-0.4, -0.2) is 22.3 Å². The molecule has 1 N–H and O–H groups in total. The highest BCUT2D eigenvalue weighted by molar-refractivity contribution is 5.92. The molecule has 5 heteroatoms. The quantitative estimate of drug-likeness (QED) is 0.540. The van der Waals surface area contributed by atoms with Crippen molar-refractivity contribution in [3.63, 3.8) is 0 Å². The summed E-state index contributed by atoms with van der Waals surface area (Å²) in [7, 11) is 0. The van der Waals surface area contributed by atoms with Gasteiger partial charge >= 0.3 is 0 Å². The summed E-state index contributed by atoms with van der Waals surface area (Å²) >= 11 is 0. The van der Waals surface area contributed by atoms with Crippen LogP contribution in [0.3, 0.4) is 0 Å². The topological polar surface area (TPSA) is 56.1 Å². The van der Waals surface area contributed by atoms with E-state index >= 15 is 0 Å². The van der Waals surface area contributed by atoms with Crippen LogP contribution >= 0.6 is 0 Å². The van der Waals surface area contributed by atoms with Gasteiger partial charge in [-0.05, 0) is 17.7 Å². The number of rotatable bonds is 3. The van der Waals surface area contributed by atoms with E-state index in [1.165, 1.54) is 11.8 Å². The second-order valence-electron chi connectivity index (χ2n) is 6.53. The van der Waals surface area contributed by atoms with Crippen LogP contribution in [0.2, 0.25) is 0 Å². The summed E-state index contributed by atoms with van der Waals surface area (Å²) in [6.45, 7) is 16.2. The van der Waals surface area contributed by atoms with E-state index in [9.17, 15) is 0 Å². The van der Waals surface area contributed by atoms with Crippen molar-refractivity contribution in [2.45, 2.75) is 53.1 Å². The molecule has 28 heavy (non-hydrogen) atoms. The molecule has 0 amide bonds. The monoisotopic (exact) mass is 377 g/mol. The van der Waals surface area contributed by atoms with Crippen molar-refractivity contribution in [2.24, 2.45) is 0 Å². The fourth-order valence-electron chi connectivity index (χ4n) is 3.85. The van der Waals surface area contributed by atoms with E-state index in [0.717, 1.165) is 23.0 Å². The van der Waals surface area contributed by atoms with Gasteiger partial charge in [0.05, 0.1) is 5.70 Å². The van der Waals surface area contributed by atoms with Gasteiger partial charge in [-0.2, -0.15) is 0 Å². The smallest absolute Gasteiger partial charge is 0.178 e. The molecular weight excluding hydrogens is 346 g/mol. The maximum atomic E-state index is 7.86. The third kappa shape index (κ3) is 3.11. The summed E-state index contributed by atoms with van der Waals surface area (Å²) in [5.74, 6) is 1.61. The average molecular weight is 378 g/mol. The molecule has 1 aromatic heterocycles. The Labute approximate surface area is 168 Å². The molecule has 0 fully saturated rings. The zero-order valence-electron chi connectivity index (χ0n) is 17.8. The van der Waals surface area contributed by atoms with Gasteiger partial charge in [-0.1, -0.05) is 72.4 Å². The summed E-state index contributed by atoms with van der Waals surface area (Å²) in [4.78, 5) is 13.5. The normalized spacial score (nSPS) is 17.9. The number of allylic oxidation sites excluding steroid dienone is 3. The first kappa shape index (κ1) is 21.4. The SMILES string of the molecule is C=C/C=C(\C=N)N1c2nccnc2N2c3ccccc3C(C)(C)C12.CC.CC. The molecule has 0 spiro atoms. The molecule has 0 radical (unpaired) electrons. The first-order valence-corrected chi connectivity index (χ1v) is 9.93. The fourth-order valence-corrected chi connectivity index (χ4v) is 3.85. The number of nitrogens with one attached hydrogen (secondary N) is 1. The van der Waals surface area contributed by atoms with Gasteiger partial charge in [0.25, 0.3) is 0 Å². The lowest BCUT2D eigenvalue weighted by Crippen LogP contribution is -2.48. The van der Waals surface area contributed by atoms with Crippen LogP contribution in [0, 0.1) is 5.41 Å². The summed E-state index contributed by atoms with van der Waals surface area (Å²) in [6.07, 6.45) is 8.29. The van der Waals surface area contributed by atoms with Crippen LogP contribution in [-0.2, 0) is 5.41 Å². The predicted molar refractivity (Wildman–Crippen MR) is 120 cm³/mol. The lowest BCUT2D eigenvalue weighted by molar-refractivity contribution is 0.445. The minimum atomic E-state index is -0.151. The first-order chi connectivity index (χ1) is 13.6. The fraction of sp³-hybridized carbons (Fsp3) is 0.348. The van der Waals surface area contributed by atoms with Crippen LogP contribution in [0.5, 0.6) is 0 Å². The standard InChI is InChI=1S/C19H19N5.2C2H6/c1-4-7-13(12-20)23-16-17(22-11-10-21-16)24-15-9-6-5-8-14(15)19(2,3)18(23)24;2*1-2/h4-12,18,20H,1H2,2-3H3;2*1-2H3/b13-7+,20-12?;;. The van der Waals surface area contributed by atoms with E-state index < -0.39 is 0 Å². The van der Waals surface area contributed by atoms with E-state index in [-0.39, 0.29) is 11.6 Å². The molecule has 1 aromatic carbocycles. The number of hydrogen-bond donors (Lipinski definition) is 1. The maximum absolute atomic E-state index is 7.86. The molecule has 148 valence electrons. The molecule has 2 aliphatic heterocycles. The molecule has 0 aliphatic carbocycles. The predicted octanol–water partition coefficient (Wildman–Crippen LogP) is 5.82. The Kier molecular flexibility index (Phi) is 6.73. The highest BCUT2D eigenvalue weighted by atomic mass is 15.5. The molecule has 5 nitrogen and oxygen atoms in total. The maximum Gasteiger partial charge on any atom is 0.178 e. The van der Waals surface area contributed by atoms with E-state index in [1.54, 1.807) is 18.5 Å². The summed E-state index contributed by atoms with van der Waals surface area (Å²) in [5.41, 5.74) is 3.03. The molecule has 0 saturated carbocycles.